The fraction of sp³-hybridized carbons (Fsp3) is 0.824. The Labute approximate surface area is 299 Å². The number of hydroxylamine groups is 2. The number of hydrogen-bond donors (Lipinski definition) is 3. The SMILES string of the molecule is CC(C)(C)OC(=O)N[C@@H](CSCC1CCCCC1)C(=O)O.CC(C)(C)OC(=O)N[C@@H](CSCC1CCCCC1)C(=O)ON1C(=O)CCC1=O. The van der Waals surface area contributed by atoms with E-state index in [1.165, 1.54) is 64.2 Å². The number of nitrogens with one attached hydrogen (secondary N) is 2. The predicted octanol–water partition coefficient (Wildman–Crippen LogP) is 6.08. The lowest BCUT2D eigenvalue weighted by molar-refractivity contribution is -0.198. The second-order valence-electron chi connectivity index (χ2n) is 14.8. The summed E-state index contributed by atoms with van der Waals surface area (Å²) in [5.41, 5.74) is -1.34. The lowest BCUT2D eigenvalue weighted by Gasteiger charge is -2.25. The van der Waals surface area contributed by atoms with Crippen molar-refractivity contribution in [2.45, 2.75) is 142 Å². The van der Waals surface area contributed by atoms with E-state index in [9.17, 15) is 33.9 Å². The van der Waals surface area contributed by atoms with Gasteiger partial charge in [-0.05, 0) is 90.6 Å². The molecular weight excluding hydrogens is 675 g/mol. The standard InChI is InChI=1S/C19H30N2O6S.C15H27NO4S/c1-19(2,3)26-18(25)20-14(12-28-11-13-7-5-4-6-8-13)17(24)27-21-15(22)9-10-16(21)23;1-15(2,3)20-14(19)16-12(13(17)18)10-21-9-11-7-5-4-6-8-11/h13-14H,4-12H2,1-3H3,(H,20,25);11-12H,4-10H2,1-3H3,(H,16,19)(H,17,18)/t14-;12-/m00/s1. The molecule has 2 aliphatic carbocycles. The summed E-state index contributed by atoms with van der Waals surface area (Å²) in [5.74, 6) is 0.867. The summed E-state index contributed by atoms with van der Waals surface area (Å²) >= 11 is 3.16. The first-order valence-corrected chi connectivity index (χ1v) is 19.7. The summed E-state index contributed by atoms with van der Waals surface area (Å²) in [6, 6.07) is -1.90. The molecule has 2 saturated carbocycles. The summed E-state index contributed by atoms with van der Waals surface area (Å²) in [7, 11) is 0. The van der Waals surface area contributed by atoms with E-state index in [2.05, 4.69) is 10.6 Å². The van der Waals surface area contributed by atoms with Crippen LogP contribution in [0.3, 0.4) is 0 Å². The molecule has 1 aliphatic heterocycles. The average Bonchev–Trinajstić information content (AvgIpc) is 3.31. The molecule has 13 nitrogen and oxygen atoms in total. The van der Waals surface area contributed by atoms with Crippen LogP contribution in [0, 0.1) is 11.8 Å². The Morgan fingerprint density at radius 1 is 0.714 bits per heavy atom. The molecule has 280 valence electrons. The molecule has 0 aromatic carbocycles. The molecule has 4 amide bonds. The van der Waals surface area contributed by atoms with E-state index in [-0.39, 0.29) is 18.6 Å². The van der Waals surface area contributed by atoms with Crippen molar-refractivity contribution in [2.75, 3.05) is 23.0 Å². The number of thioether (sulfide) groups is 2. The Bertz CT molecular complexity index is 1100. The van der Waals surface area contributed by atoms with Crippen LogP contribution in [0.15, 0.2) is 0 Å². The topological polar surface area (TPSA) is 178 Å². The highest BCUT2D eigenvalue weighted by Crippen LogP contribution is 2.28. The normalized spacial score (nSPS) is 18.9. The van der Waals surface area contributed by atoms with Gasteiger partial charge < -0.3 is 30.1 Å². The number of alkyl carbamates (subject to hydrolysis) is 2. The highest BCUT2D eigenvalue weighted by Gasteiger charge is 2.36. The predicted molar refractivity (Wildman–Crippen MR) is 189 cm³/mol. The molecular formula is C34H57N3O10S2. The summed E-state index contributed by atoms with van der Waals surface area (Å²) in [4.78, 5) is 75.8. The molecule has 0 bridgehead atoms. The molecule has 2 atom stereocenters. The third kappa shape index (κ3) is 18.2. The minimum Gasteiger partial charge on any atom is -0.480 e. The van der Waals surface area contributed by atoms with Crippen molar-refractivity contribution in [2.24, 2.45) is 11.8 Å². The first kappa shape index (κ1) is 42.5. The fourth-order valence-corrected chi connectivity index (χ4v) is 7.99. The summed E-state index contributed by atoms with van der Waals surface area (Å²) < 4.78 is 10.3. The van der Waals surface area contributed by atoms with Gasteiger partial charge in [-0.3, -0.25) is 9.59 Å². The van der Waals surface area contributed by atoms with Crippen LogP contribution in [0.4, 0.5) is 9.59 Å². The van der Waals surface area contributed by atoms with Gasteiger partial charge in [0, 0.05) is 24.3 Å². The number of imide groups is 1. The third-order valence-electron chi connectivity index (χ3n) is 7.88. The Morgan fingerprint density at radius 2 is 1.10 bits per heavy atom. The third-order valence-corrected chi connectivity index (χ3v) is 10.4. The zero-order chi connectivity index (χ0) is 36.6. The molecule has 3 N–H and O–H groups in total. The van der Waals surface area contributed by atoms with Crippen LogP contribution in [-0.4, -0.2) is 92.4 Å². The second-order valence-corrected chi connectivity index (χ2v) is 17.0. The molecule has 0 aromatic heterocycles. The zero-order valence-electron chi connectivity index (χ0n) is 30.0. The first-order valence-electron chi connectivity index (χ1n) is 17.4. The van der Waals surface area contributed by atoms with Crippen LogP contribution in [-0.2, 0) is 33.5 Å². The monoisotopic (exact) mass is 731 g/mol. The Kier molecular flexibility index (Phi) is 18.1. The molecule has 0 spiro atoms. The van der Waals surface area contributed by atoms with Gasteiger partial charge in [-0.2, -0.15) is 23.5 Å². The van der Waals surface area contributed by atoms with Crippen molar-refractivity contribution in [1.29, 1.82) is 0 Å². The van der Waals surface area contributed by atoms with Gasteiger partial charge in [-0.1, -0.05) is 38.5 Å². The van der Waals surface area contributed by atoms with E-state index in [0.29, 0.717) is 22.7 Å². The molecule has 0 unspecified atom stereocenters. The van der Waals surface area contributed by atoms with E-state index in [1.54, 1.807) is 65.1 Å². The number of hydrogen-bond acceptors (Lipinski definition) is 11. The van der Waals surface area contributed by atoms with E-state index >= 15 is 0 Å². The summed E-state index contributed by atoms with van der Waals surface area (Å²) in [6.45, 7) is 10.4. The number of carbonyl (C=O) groups excluding carboxylic acids is 5. The molecule has 1 saturated heterocycles. The van der Waals surface area contributed by atoms with Crippen molar-refractivity contribution in [3.8, 4) is 0 Å². The van der Waals surface area contributed by atoms with E-state index in [4.69, 9.17) is 14.3 Å². The van der Waals surface area contributed by atoms with Crippen LogP contribution in [0.2, 0.25) is 0 Å². The van der Waals surface area contributed by atoms with Gasteiger partial charge in [0.25, 0.3) is 11.8 Å². The maximum absolute atomic E-state index is 12.5. The lowest BCUT2D eigenvalue weighted by atomic mass is 9.91. The van der Waals surface area contributed by atoms with Crippen molar-refractivity contribution in [3.63, 3.8) is 0 Å². The smallest absolute Gasteiger partial charge is 0.408 e. The highest BCUT2D eigenvalue weighted by molar-refractivity contribution is 7.99. The van der Waals surface area contributed by atoms with Gasteiger partial charge in [0.1, 0.15) is 23.3 Å². The molecule has 1 heterocycles. The Balaban J connectivity index is 0.000000355. The molecule has 3 fully saturated rings. The van der Waals surface area contributed by atoms with E-state index in [1.807, 2.05) is 0 Å². The molecule has 0 aromatic rings. The number of carboxylic acids is 1. The molecule has 49 heavy (non-hydrogen) atoms. The molecule has 3 aliphatic rings. The Morgan fingerprint density at radius 3 is 1.49 bits per heavy atom. The van der Waals surface area contributed by atoms with Crippen LogP contribution >= 0.6 is 23.5 Å². The summed E-state index contributed by atoms with van der Waals surface area (Å²) in [5, 5.41) is 14.6. The van der Waals surface area contributed by atoms with Gasteiger partial charge in [-0.15, -0.1) is 5.06 Å². The lowest BCUT2D eigenvalue weighted by Crippen LogP contribution is -2.48. The maximum Gasteiger partial charge on any atom is 0.408 e. The largest absolute Gasteiger partial charge is 0.480 e. The van der Waals surface area contributed by atoms with Crippen LogP contribution < -0.4 is 10.6 Å². The molecule has 3 rings (SSSR count). The van der Waals surface area contributed by atoms with Crippen LogP contribution in [0.25, 0.3) is 0 Å². The van der Waals surface area contributed by atoms with Crippen molar-refractivity contribution < 1.29 is 48.2 Å². The maximum atomic E-state index is 12.5. The highest BCUT2D eigenvalue weighted by atomic mass is 32.2. The van der Waals surface area contributed by atoms with Crippen LogP contribution in [0.1, 0.15) is 119 Å². The Hall–Kier alpha value is -2.68. The zero-order valence-corrected chi connectivity index (χ0v) is 31.6. The molecule has 0 radical (unpaired) electrons. The second kappa shape index (κ2) is 20.9. The van der Waals surface area contributed by atoms with Crippen LogP contribution in [0.5, 0.6) is 0 Å². The average molecular weight is 732 g/mol. The van der Waals surface area contributed by atoms with Gasteiger partial charge in [0.05, 0.1) is 0 Å². The number of carboxylic acid groups (broad SMARTS) is 1. The van der Waals surface area contributed by atoms with Gasteiger partial charge in [-0.25, -0.2) is 19.2 Å². The number of carbonyl (C=O) groups is 6. The minimum atomic E-state index is -1.02. The molecule has 15 heteroatoms. The number of rotatable bonds is 13. The van der Waals surface area contributed by atoms with Gasteiger partial charge >= 0.3 is 24.1 Å². The minimum absolute atomic E-state index is 0.0205. The van der Waals surface area contributed by atoms with Crippen molar-refractivity contribution >= 4 is 59.5 Å². The number of ether oxygens (including phenoxy) is 2. The first-order chi connectivity index (χ1) is 22.9. The number of aliphatic carboxylic acids is 1. The summed E-state index contributed by atoms with van der Waals surface area (Å²) in [6.07, 6.45) is 11.1. The van der Waals surface area contributed by atoms with Gasteiger partial charge in [0.2, 0.25) is 0 Å². The quantitative estimate of drug-likeness (QED) is 0.186. The van der Waals surface area contributed by atoms with E-state index in [0.717, 1.165) is 11.5 Å². The van der Waals surface area contributed by atoms with Gasteiger partial charge in [0.15, 0.2) is 0 Å². The number of amides is 4. The fourth-order valence-electron chi connectivity index (χ4n) is 5.47. The van der Waals surface area contributed by atoms with Crippen molar-refractivity contribution in [3.05, 3.63) is 0 Å². The number of nitrogens with zero attached hydrogens (tertiary/aromatic N) is 1. The van der Waals surface area contributed by atoms with Crippen molar-refractivity contribution in [1.82, 2.24) is 15.7 Å². The van der Waals surface area contributed by atoms with E-state index < -0.39 is 59.2 Å².